The second kappa shape index (κ2) is 6.83. The van der Waals surface area contributed by atoms with Crippen LogP contribution in [0.4, 0.5) is 0 Å². The summed E-state index contributed by atoms with van der Waals surface area (Å²) in [5.41, 5.74) is 4.27. The maximum atomic E-state index is 6.26. The molecule has 4 heterocycles. The summed E-state index contributed by atoms with van der Waals surface area (Å²) < 4.78 is 13.8. The second-order valence-electron chi connectivity index (χ2n) is 7.39. The third-order valence-corrected chi connectivity index (χ3v) is 5.67. The van der Waals surface area contributed by atoms with Crippen molar-refractivity contribution < 1.29 is 9.47 Å². The van der Waals surface area contributed by atoms with Gasteiger partial charge in [-0.05, 0) is 24.5 Å². The molecule has 2 aromatic rings. The summed E-state index contributed by atoms with van der Waals surface area (Å²) in [6, 6.07) is 2.58. The first-order valence-electron chi connectivity index (χ1n) is 9.70. The van der Waals surface area contributed by atoms with Crippen LogP contribution in [0.5, 0.6) is 5.88 Å². The molecular formula is C20H24N4O2. The first-order chi connectivity index (χ1) is 12.9. The molecule has 2 fully saturated rings. The molecule has 0 N–H and O–H groups in total. The van der Waals surface area contributed by atoms with E-state index in [-0.39, 0.29) is 6.10 Å². The largest absolute Gasteiger partial charge is 0.474 e. The Kier molecular flexibility index (Phi) is 4.21. The lowest BCUT2D eigenvalue weighted by Crippen LogP contribution is -2.27. The minimum atomic E-state index is 0.172. The summed E-state index contributed by atoms with van der Waals surface area (Å²) in [6.45, 7) is 2.20. The van der Waals surface area contributed by atoms with Gasteiger partial charge in [-0.25, -0.2) is 4.98 Å². The lowest BCUT2D eigenvalue weighted by atomic mass is 10.0. The number of ether oxygens (including phenoxy) is 2. The zero-order chi connectivity index (χ0) is 17.3. The van der Waals surface area contributed by atoms with Crippen LogP contribution in [0.15, 0.2) is 29.6 Å². The van der Waals surface area contributed by atoms with Gasteiger partial charge in [0.2, 0.25) is 5.88 Å². The van der Waals surface area contributed by atoms with Crippen LogP contribution in [-0.4, -0.2) is 39.8 Å². The second-order valence-corrected chi connectivity index (χ2v) is 7.39. The maximum absolute atomic E-state index is 6.26. The minimum absolute atomic E-state index is 0.172. The highest BCUT2D eigenvalue weighted by Crippen LogP contribution is 2.33. The maximum Gasteiger partial charge on any atom is 0.223 e. The Morgan fingerprint density at radius 1 is 1.12 bits per heavy atom. The number of aromatic nitrogens is 3. The zero-order valence-corrected chi connectivity index (χ0v) is 14.9. The van der Waals surface area contributed by atoms with Crippen molar-refractivity contribution >= 4 is 5.71 Å². The van der Waals surface area contributed by atoms with Crippen molar-refractivity contribution in [3.05, 3.63) is 41.3 Å². The number of hydrogen-bond donors (Lipinski definition) is 0. The summed E-state index contributed by atoms with van der Waals surface area (Å²) in [5.74, 6) is 0.708. The molecule has 0 atom stereocenters. The number of aliphatic imine (C=N–C) groups is 1. The summed E-state index contributed by atoms with van der Waals surface area (Å²) in [6.07, 6.45) is 13.0. The van der Waals surface area contributed by atoms with Gasteiger partial charge >= 0.3 is 0 Å². The minimum Gasteiger partial charge on any atom is -0.474 e. The van der Waals surface area contributed by atoms with Crippen molar-refractivity contribution in [2.75, 3.05) is 13.2 Å². The van der Waals surface area contributed by atoms with Crippen LogP contribution >= 0.6 is 0 Å². The fourth-order valence-corrected chi connectivity index (χ4v) is 4.21. The fraction of sp³-hybridized carbons (Fsp3) is 0.550. The third-order valence-electron chi connectivity index (χ3n) is 5.67. The van der Waals surface area contributed by atoms with Gasteiger partial charge in [0.15, 0.2) is 0 Å². The number of pyridine rings is 1. The summed E-state index contributed by atoms with van der Waals surface area (Å²) in [7, 11) is 0. The summed E-state index contributed by atoms with van der Waals surface area (Å²) >= 11 is 0. The van der Waals surface area contributed by atoms with Gasteiger partial charge in [-0.3, -0.25) is 9.67 Å². The number of nitrogens with zero attached hydrogens (tertiary/aromatic N) is 4. The molecule has 1 saturated carbocycles. The van der Waals surface area contributed by atoms with Crippen molar-refractivity contribution in [1.29, 1.82) is 0 Å². The molecular weight excluding hydrogens is 328 g/mol. The lowest BCUT2D eigenvalue weighted by Gasteiger charge is -2.23. The van der Waals surface area contributed by atoms with Gasteiger partial charge in [0.05, 0.1) is 43.3 Å². The van der Waals surface area contributed by atoms with Crippen LogP contribution in [0.3, 0.4) is 0 Å². The first kappa shape index (κ1) is 16.0. The van der Waals surface area contributed by atoms with E-state index in [2.05, 4.69) is 21.0 Å². The van der Waals surface area contributed by atoms with E-state index in [0.717, 1.165) is 42.9 Å². The van der Waals surface area contributed by atoms with Crippen molar-refractivity contribution in [2.45, 2.75) is 57.2 Å². The van der Waals surface area contributed by atoms with Crippen LogP contribution in [-0.2, 0) is 11.3 Å². The Morgan fingerprint density at radius 3 is 2.81 bits per heavy atom. The van der Waals surface area contributed by atoms with Crippen LogP contribution in [0.2, 0.25) is 0 Å². The number of fused-ring (bicyclic) bond motifs is 1. The van der Waals surface area contributed by atoms with Gasteiger partial charge in [0.25, 0.3) is 0 Å². The number of rotatable bonds is 4. The predicted octanol–water partition coefficient (Wildman–Crippen LogP) is 3.30. The molecule has 0 spiro atoms. The Labute approximate surface area is 153 Å². The van der Waals surface area contributed by atoms with E-state index in [4.69, 9.17) is 14.5 Å². The van der Waals surface area contributed by atoms with Crippen LogP contribution < -0.4 is 4.74 Å². The normalized spacial score (nSPS) is 21.0. The van der Waals surface area contributed by atoms with Gasteiger partial charge in [-0.1, -0.05) is 12.8 Å². The van der Waals surface area contributed by atoms with E-state index in [1.807, 2.05) is 18.5 Å². The lowest BCUT2D eigenvalue weighted by molar-refractivity contribution is 0.0236. The zero-order valence-electron chi connectivity index (χ0n) is 14.9. The van der Waals surface area contributed by atoms with Gasteiger partial charge < -0.3 is 9.47 Å². The molecule has 0 unspecified atom stereocenters. The topological polar surface area (TPSA) is 61.5 Å². The molecule has 0 bridgehead atoms. The van der Waals surface area contributed by atoms with Gasteiger partial charge in [-0.15, -0.1) is 0 Å². The summed E-state index contributed by atoms with van der Waals surface area (Å²) in [4.78, 5) is 9.32. The molecule has 26 heavy (non-hydrogen) atoms. The highest BCUT2D eigenvalue weighted by atomic mass is 16.5. The average Bonchev–Trinajstić information content (AvgIpc) is 3.42. The Hall–Kier alpha value is -2.21. The van der Waals surface area contributed by atoms with Crippen LogP contribution in [0.1, 0.15) is 61.3 Å². The molecule has 0 radical (unpaired) electrons. The van der Waals surface area contributed by atoms with E-state index >= 15 is 0 Å². The molecule has 3 aliphatic rings. The van der Waals surface area contributed by atoms with Crippen molar-refractivity contribution in [2.24, 2.45) is 4.99 Å². The van der Waals surface area contributed by atoms with Gasteiger partial charge in [-0.2, -0.15) is 5.10 Å². The molecule has 1 aliphatic carbocycles. The smallest absolute Gasteiger partial charge is 0.223 e. The molecule has 5 rings (SSSR count). The molecule has 6 heteroatoms. The van der Waals surface area contributed by atoms with Crippen LogP contribution in [0, 0.1) is 0 Å². The Bertz CT molecular complexity index is 817. The van der Waals surface area contributed by atoms with E-state index in [0.29, 0.717) is 18.5 Å². The first-order valence-corrected chi connectivity index (χ1v) is 9.70. The summed E-state index contributed by atoms with van der Waals surface area (Å²) in [5, 5.41) is 4.62. The number of hydrogen-bond acceptors (Lipinski definition) is 5. The van der Waals surface area contributed by atoms with Crippen molar-refractivity contribution in [3.63, 3.8) is 0 Å². The standard InChI is InChI=1S/C20H24N4O2/c1-2-4-16(3-1)24-13-15(12-23-24)19-18-14(11-22-19)5-8-21-20(18)26-17-6-9-25-10-7-17/h5,8,12-13,16-17H,1-4,6-7,9-11H2. The highest BCUT2D eigenvalue weighted by molar-refractivity contribution is 6.16. The SMILES string of the molecule is c1cc2c(c(OC3CCOCC3)n1)C(c1cnn(C3CCCC3)c1)=NC2. The molecule has 1 saturated heterocycles. The predicted molar refractivity (Wildman–Crippen MR) is 97.8 cm³/mol. The van der Waals surface area contributed by atoms with Gasteiger partial charge in [0, 0.05) is 30.8 Å². The monoisotopic (exact) mass is 352 g/mol. The van der Waals surface area contributed by atoms with Crippen LogP contribution in [0.25, 0.3) is 0 Å². The molecule has 0 aromatic carbocycles. The van der Waals surface area contributed by atoms with E-state index in [1.165, 1.54) is 31.2 Å². The third kappa shape index (κ3) is 2.92. The molecule has 136 valence electrons. The van der Waals surface area contributed by atoms with E-state index in [1.54, 1.807) is 0 Å². The van der Waals surface area contributed by atoms with Crippen molar-refractivity contribution in [1.82, 2.24) is 14.8 Å². The highest BCUT2D eigenvalue weighted by Gasteiger charge is 2.27. The van der Waals surface area contributed by atoms with Crippen molar-refractivity contribution in [3.8, 4) is 5.88 Å². The fourth-order valence-electron chi connectivity index (χ4n) is 4.21. The molecule has 2 aliphatic heterocycles. The molecule has 0 amide bonds. The Balaban J connectivity index is 1.43. The van der Waals surface area contributed by atoms with Gasteiger partial charge in [0.1, 0.15) is 6.10 Å². The molecule has 2 aromatic heterocycles. The quantitative estimate of drug-likeness (QED) is 0.847. The molecule has 6 nitrogen and oxygen atoms in total. The Morgan fingerprint density at radius 2 is 1.96 bits per heavy atom. The van der Waals surface area contributed by atoms with E-state index < -0.39 is 0 Å². The van der Waals surface area contributed by atoms with E-state index in [9.17, 15) is 0 Å². The average molecular weight is 352 g/mol.